The van der Waals surface area contributed by atoms with Gasteiger partial charge in [-0.15, -0.1) is 5.10 Å². The zero-order chi connectivity index (χ0) is 19.6. The molecule has 2 heterocycles. The van der Waals surface area contributed by atoms with Gasteiger partial charge in [-0.05, 0) is 61.8 Å². The minimum Gasteiger partial charge on any atom is -0.479 e. The Labute approximate surface area is 169 Å². The van der Waals surface area contributed by atoms with Crippen LogP contribution in [0, 0.1) is 5.92 Å². The van der Waals surface area contributed by atoms with Crippen molar-refractivity contribution in [2.45, 2.75) is 37.6 Å². The number of nitrogens with zero attached hydrogens (tertiary/aromatic N) is 4. The van der Waals surface area contributed by atoms with Crippen LogP contribution in [-0.2, 0) is 11.2 Å². The summed E-state index contributed by atoms with van der Waals surface area (Å²) in [5.74, 6) is 0.348. The van der Waals surface area contributed by atoms with Crippen LogP contribution < -0.4 is 0 Å². The molecule has 1 aliphatic heterocycles. The Balaban J connectivity index is 1.49. The molecule has 1 N–H and O–H groups in total. The van der Waals surface area contributed by atoms with Gasteiger partial charge in [-0.3, -0.25) is 0 Å². The largest absolute Gasteiger partial charge is 0.479 e. The number of rotatable bonds is 5. The van der Waals surface area contributed by atoms with E-state index in [9.17, 15) is 9.90 Å². The molecule has 1 aromatic carbocycles. The molecule has 1 saturated heterocycles. The Kier molecular flexibility index (Phi) is 5.31. The van der Waals surface area contributed by atoms with Gasteiger partial charge in [0.15, 0.2) is 11.4 Å². The number of aromatic nitrogens is 2. The predicted molar refractivity (Wildman–Crippen MR) is 108 cm³/mol. The average molecular weight is 399 g/mol. The molecule has 7 heteroatoms. The normalized spacial score (nSPS) is 19.5. The van der Waals surface area contributed by atoms with Crippen LogP contribution in [0.1, 0.15) is 36.9 Å². The number of carbonyl (C=O) groups is 1. The molecule has 28 heavy (non-hydrogen) atoms. The number of benzene rings is 1. The molecule has 0 bridgehead atoms. The summed E-state index contributed by atoms with van der Waals surface area (Å²) in [6.45, 7) is 1.64. The Morgan fingerprint density at radius 2 is 1.96 bits per heavy atom. The predicted octanol–water partition coefficient (Wildman–Crippen LogP) is 3.45. The van der Waals surface area contributed by atoms with Gasteiger partial charge in [0.2, 0.25) is 0 Å². The first-order valence-corrected chi connectivity index (χ1v) is 10.0. The van der Waals surface area contributed by atoms with Crippen molar-refractivity contribution in [3.63, 3.8) is 0 Å². The van der Waals surface area contributed by atoms with Crippen LogP contribution in [0.3, 0.4) is 0 Å². The zero-order valence-corrected chi connectivity index (χ0v) is 16.3. The van der Waals surface area contributed by atoms with Gasteiger partial charge in [0, 0.05) is 24.3 Å². The maximum Gasteiger partial charge on any atom is 0.331 e. The first kappa shape index (κ1) is 18.9. The third kappa shape index (κ3) is 4.02. The van der Waals surface area contributed by atoms with Crippen molar-refractivity contribution < 1.29 is 9.90 Å². The summed E-state index contributed by atoms with van der Waals surface area (Å²) in [5, 5.41) is 18.5. The van der Waals surface area contributed by atoms with Crippen LogP contribution in [-0.4, -0.2) is 50.6 Å². The van der Waals surface area contributed by atoms with E-state index in [1.165, 1.54) is 5.56 Å². The van der Waals surface area contributed by atoms with Crippen molar-refractivity contribution in [3.05, 3.63) is 58.9 Å². The van der Waals surface area contributed by atoms with Crippen LogP contribution in [0.2, 0.25) is 5.02 Å². The summed E-state index contributed by atoms with van der Waals surface area (Å²) in [5.41, 5.74) is 0.842. The fourth-order valence-electron chi connectivity index (χ4n) is 3.73. The van der Waals surface area contributed by atoms with Crippen molar-refractivity contribution in [1.82, 2.24) is 15.1 Å². The second-order valence-electron chi connectivity index (χ2n) is 7.61. The maximum atomic E-state index is 11.6. The van der Waals surface area contributed by atoms with E-state index < -0.39 is 11.5 Å². The van der Waals surface area contributed by atoms with Crippen molar-refractivity contribution in [1.29, 1.82) is 0 Å². The molecule has 146 valence electrons. The Morgan fingerprint density at radius 3 is 2.57 bits per heavy atom. The minimum absolute atomic E-state index is 0.550. The van der Waals surface area contributed by atoms with E-state index in [1.54, 1.807) is 6.20 Å². The van der Waals surface area contributed by atoms with E-state index in [1.807, 2.05) is 30.3 Å². The highest BCUT2D eigenvalue weighted by Crippen LogP contribution is 2.41. The number of piperidine rings is 1. The SMILES string of the molecule is O=C(O)C1(/N=C(\c2cccnn2)N2CCC(Cc3ccccc3Cl)CC2)CC1. The molecule has 1 saturated carbocycles. The number of aliphatic imine (C=N–C) groups is 1. The number of likely N-dealkylation sites (tertiary alicyclic amines) is 1. The van der Waals surface area contributed by atoms with Crippen molar-refractivity contribution in [2.24, 2.45) is 10.9 Å². The van der Waals surface area contributed by atoms with E-state index in [4.69, 9.17) is 11.6 Å². The Bertz CT molecular complexity index is 875. The lowest BCUT2D eigenvalue weighted by Crippen LogP contribution is -2.41. The summed E-state index contributed by atoms with van der Waals surface area (Å²) in [7, 11) is 0. The van der Waals surface area contributed by atoms with Crippen molar-refractivity contribution in [3.8, 4) is 0 Å². The molecule has 0 spiro atoms. The van der Waals surface area contributed by atoms with Crippen LogP contribution in [0.25, 0.3) is 0 Å². The smallest absolute Gasteiger partial charge is 0.331 e. The molecule has 2 fully saturated rings. The summed E-state index contributed by atoms with van der Waals surface area (Å²) < 4.78 is 0. The fraction of sp³-hybridized carbons (Fsp3) is 0.429. The van der Waals surface area contributed by atoms with E-state index in [0.717, 1.165) is 37.4 Å². The molecule has 0 unspecified atom stereocenters. The molecular formula is C21H23ClN4O2. The van der Waals surface area contributed by atoms with E-state index >= 15 is 0 Å². The Hall–Kier alpha value is -2.47. The summed E-state index contributed by atoms with van der Waals surface area (Å²) in [4.78, 5) is 18.5. The lowest BCUT2D eigenvalue weighted by molar-refractivity contribution is -0.139. The summed E-state index contributed by atoms with van der Waals surface area (Å²) >= 11 is 6.31. The number of hydrogen-bond donors (Lipinski definition) is 1. The molecule has 1 aromatic heterocycles. The van der Waals surface area contributed by atoms with Gasteiger partial charge in [-0.25, -0.2) is 9.79 Å². The second kappa shape index (κ2) is 7.87. The van der Waals surface area contributed by atoms with Gasteiger partial charge < -0.3 is 10.0 Å². The third-order valence-electron chi connectivity index (χ3n) is 5.62. The van der Waals surface area contributed by atoms with E-state index in [0.29, 0.717) is 30.3 Å². The molecule has 2 aromatic rings. The van der Waals surface area contributed by atoms with Gasteiger partial charge in [-0.2, -0.15) is 5.10 Å². The zero-order valence-electron chi connectivity index (χ0n) is 15.6. The standard InChI is InChI=1S/C21H23ClN4O2/c22-17-5-2-1-4-16(17)14-15-7-12-26(13-8-15)19(18-6-3-11-23-25-18)24-21(9-10-21)20(27)28/h1-6,11,15H,7-10,12-14H2,(H,27,28)/b24-19+. The quantitative estimate of drug-likeness (QED) is 0.616. The molecule has 2 aliphatic rings. The van der Waals surface area contributed by atoms with E-state index in [2.05, 4.69) is 26.2 Å². The monoisotopic (exact) mass is 398 g/mol. The highest BCUT2D eigenvalue weighted by Gasteiger charge is 2.51. The average Bonchev–Trinajstić information content (AvgIpc) is 3.51. The van der Waals surface area contributed by atoms with Crippen LogP contribution in [0.4, 0.5) is 0 Å². The van der Waals surface area contributed by atoms with Crippen molar-refractivity contribution in [2.75, 3.05) is 13.1 Å². The van der Waals surface area contributed by atoms with Crippen LogP contribution in [0.15, 0.2) is 47.6 Å². The fourth-order valence-corrected chi connectivity index (χ4v) is 3.94. The first-order valence-electron chi connectivity index (χ1n) is 9.67. The number of amidine groups is 1. The maximum absolute atomic E-state index is 11.6. The van der Waals surface area contributed by atoms with Crippen LogP contribution >= 0.6 is 11.6 Å². The van der Waals surface area contributed by atoms with Crippen molar-refractivity contribution >= 4 is 23.4 Å². The lowest BCUT2D eigenvalue weighted by atomic mass is 9.90. The molecular weight excluding hydrogens is 376 g/mol. The van der Waals surface area contributed by atoms with Crippen LogP contribution in [0.5, 0.6) is 0 Å². The lowest BCUT2D eigenvalue weighted by Gasteiger charge is -2.34. The third-order valence-corrected chi connectivity index (χ3v) is 5.99. The van der Waals surface area contributed by atoms with E-state index in [-0.39, 0.29) is 0 Å². The molecule has 4 rings (SSSR count). The Morgan fingerprint density at radius 1 is 1.21 bits per heavy atom. The van der Waals surface area contributed by atoms with Gasteiger partial charge in [0.1, 0.15) is 5.69 Å². The summed E-state index contributed by atoms with van der Waals surface area (Å²) in [6.07, 6.45) is 5.74. The minimum atomic E-state index is -0.985. The van der Waals surface area contributed by atoms with Gasteiger partial charge in [-0.1, -0.05) is 29.8 Å². The molecule has 1 aliphatic carbocycles. The van der Waals surface area contributed by atoms with Gasteiger partial charge >= 0.3 is 5.97 Å². The number of halogens is 1. The number of carboxylic acids is 1. The molecule has 0 amide bonds. The first-order chi connectivity index (χ1) is 13.6. The molecule has 0 radical (unpaired) electrons. The number of carboxylic acid groups (broad SMARTS) is 1. The summed E-state index contributed by atoms with van der Waals surface area (Å²) in [6, 6.07) is 11.7. The number of aliphatic carboxylic acids is 1. The second-order valence-corrected chi connectivity index (χ2v) is 8.01. The molecule has 0 atom stereocenters. The highest BCUT2D eigenvalue weighted by molar-refractivity contribution is 6.31. The van der Waals surface area contributed by atoms with Gasteiger partial charge in [0.05, 0.1) is 0 Å². The molecule has 6 nitrogen and oxygen atoms in total. The van der Waals surface area contributed by atoms with Gasteiger partial charge in [0.25, 0.3) is 0 Å². The highest BCUT2D eigenvalue weighted by atomic mass is 35.5. The number of hydrogen-bond acceptors (Lipinski definition) is 4. The topological polar surface area (TPSA) is 78.7 Å².